The van der Waals surface area contributed by atoms with Crippen LogP contribution in [0.2, 0.25) is 0 Å². The summed E-state index contributed by atoms with van der Waals surface area (Å²) in [7, 11) is 2.00. The molecule has 6 heteroatoms. The number of fused-ring (bicyclic) bond motifs is 1. The third-order valence-corrected chi connectivity index (χ3v) is 5.10. The highest BCUT2D eigenvalue weighted by atomic mass is 16.2. The normalized spacial score (nSPS) is 18.0. The molecule has 1 aromatic carbocycles. The molecule has 1 aliphatic rings. The number of aryl methyl sites for hydroxylation is 3. The van der Waals surface area contributed by atoms with Crippen LogP contribution < -0.4 is 0 Å². The summed E-state index contributed by atoms with van der Waals surface area (Å²) in [6.45, 7) is 5.37. The lowest BCUT2D eigenvalue weighted by atomic mass is 10.0. The Morgan fingerprint density at radius 2 is 2.08 bits per heavy atom. The van der Waals surface area contributed by atoms with E-state index in [0.717, 1.165) is 47.5 Å². The molecule has 0 aliphatic carbocycles. The first-order valence-corrected chi connectivity index (χ1v) is 8.77. The van der Waals surface area contributed by atoms with Crippen LogP contribution in [0.4, 0.5) is 0 Å². The van der Waals surface area contributed by atoms with Gasteiger partial charge in [0.05, 0.1) is 6.04 Å². The maximum absolute atomic E-state index is 13.2. The van der Waals surface area contributed by atoms with Gasteiger partial charge in [-0.05, 0) is 44.9 Å². The van der Waals surface area contributed by atoms with Crippen LogP contribution in [-0.4, -0.2) is 43.2 Å². The number of likely N-dealkylation sites (tertiary alicyclic amines) is 1. The lowest BCUT2D eigenvalue weighted by Gasteiger charge is -2.33. The number of piperidine rings is 1. The molecule has 0 saturated carbocycles. The molecule has 0 spiro atoms. The molecule has 1 aliphatic heterocycles. The van der Waals surface area contributed by atoms with Gasteiger partial charge in [0.25, 0.3) is 5.91 Å². The van der Waals surface area contributed by atoms with E-state index in [1.165, 1.54) is 0 Å². The van der Waals surface area contributed by atoms with Crippen molar-refractivity contribution in [1.29, 1.82) is 0 Å². The van der Waals surface area contributed by atoms with Crippen LogP contribution in [0.15, 0.2) is 30.5 Å². The zero-order valence-electron chi connectivity index (χ0n) is 14.9. The first kappa shape index (κ1) is 15.9. The second-order valence-corrected chi connectivity index (χ2v) is 6.86. The van der Waals surface area contributed by atoms with Gasteiger partial charge in [-0.1, -0.05) is 6.07 Å². The maximum Gasteiger partial charge on any atom is 0.254 e. The monoisotopic (exact) mass is 337 g/mol. The largest absolute Gasteiger partial charge is 0.351 e. The van der Waals surface area contributed by atoms with E-state index in [0.29, 0.717) is 6.54 Å². The minimum Gasteiger partial charge on any atom is -0.351 e. The Morgan fingerprint density at radius 1 is 1.24 bits per heavy atom. The van der Waals surface area contributed by atoms with Gasteiger partial charge in [-0.25, -0.2) is 9.67 Å². The van der Waals surface area contributed by atoms with E-state index >= 15 is 0 Å². The molecule has 1 fully saturated rings. The van der Waals surface area contributed by atoms with Crippen LogP contribution in [0.3, 0.4) is 0 Å². The molecular weight excluding hydrogens is 314 g/mol. The number of hydrogen-bond acceptors (Lipinski definition) is 3. The third-order valence-electron chi connectivity index (χ3n) is 5.10. The fraction of sp³-hybridized carbons (Fsp3) is 0.421. The summed E-state index contributed by atoms with van der Waals surface area (Å²) in [5.74, 6) is 1.81. The molecule has 1 amide bonds. The summed E-state index contributed by atoms with van der Waals surface area (Å²) in [5.41, 5.74) is 1.87. The molecule has 0 N–H and O–H groups in total. The number of hydrogen-bond donors (Lipinski definition) is 0. The van der Waals surface area contributed by atoms with Crippen molar-refractivity contribution < 1.29 is 4.79 Å². The number of aromatic nitrogens is 4. The number of nitrogens with zero attached hydrogens (tertiary/aromatic N) is 5. The van der Waals surface area contributed by atoms with E-state index in [4.69, 9.17) is 0 Å². The predicted octanol–water partition coefficient (Wildman–Crippen LogP) is 2.86. The summed E-state index contributed by atoms with van der Waals surface area (Å²) in [6.07, 6.45) is 4.02. The van der Waals surface area contributed by atoms with E-state index in [-0.39, 0.29) is 11.9 Å². The Labute approximate surface area is 147 Å². The summed E-state index contributed by atoms with van der Waals surface area (Å²) < 4.78 is 4.03. The van der Waals surface area contributed by atoms with Gasteiger partial charge in [0.1, 0.15) is 11.6 Å². The van der Waals surface area contributed by atoms with Crippen molar-refractivity contribution in [2.24, 2.45) is 7.05 Å². The van der Waals surface area contributed by atoms with Crippen LogP contribution in [-0.2, 0) is 7.05 Å². The molecule has 130 valence electrons. The van der Waals surface area contributed by atoms with Crippen LogP contribution in [0.1, 0.15) is 40.9 Å². The second kappa shape index (κ2) is 6.02. The second-order valence-electron chi connectivity index (χ2n) is 6.86. The van der Waals surface area contributed by atoms with E-state index in [1.807, 2.05) is 65.5 Å². The van der Waals surface area contributed by atoms with E-state index in [1.54, 1.807) is 0 Å². The van der Waals surface area contributed by atoms with Crippen LogP contribution >= 0.6 is 0 Å². The zero-order valence-corrected chi connectivity index (χ0v) is 14.9. The average Bonchev–Trinajstić information content (AvgIpc) is 3.16. The van der Waals surface area contributed by atoms with Gasteiger partial charge in [0, 0.05) is 42.8 Å². The van der Waals surface area contributed by atoms with Gasteiger partial charge in [0.15, 0.2) is 0 Å². The van der Waals surface area contributed by atoms with Gasteiger partial charge in [-0.2, -0.15) is 5.10 Å². The van der Waals surface area contributed by atoms with Crippen molar-refractivity contribution in [2.75, 3.05) is 13.1 Å². The standard InChI is InChI=1S/C19H23N5O/c1-13-20-14(2)24(21-13)15-6-5-10-23(12-15)19(25)17-7-4-8-18-16(17)9-11-22(18)3/h4,7-9,11,15H,5-6,10,12H2,1-3H3. The summed E-state index contributed by atoms with van der Waals surface area (Å²) in [4.78, 5) is 19.5. The lowest BCUT2D eigenvalue weighted by Crippen LogP contribution is -2.41. The van der Waals surface area contributed by atoms with Crippen molar-refractivity contribution in [3.05, 3.63) is 47.7 Å². The van der Waals surface area contributed by atoms with Gasteiger partial charge in [-0.3, -0.25) is 4.79 Å². The number of benzene rings is 1. The van der Waals surface area contributed by atoms with Crippen molar-refractivity contribution in [3.63, 3.8) is 0 Å². The van der Waals surface area contributed by atoms with Crippen LogP contribution in [0.25, 0.3) is 10.9 Å². The quantitative estimate of drug-likeness (QED) is 0.722. The molecule has 1 unspecified atom stereocenters. The minimum absolute atomic E-state index is 0.107. The topological polar surface area (TPSA) is 56.0 Å². The highest BCUT2D eigenvalue weighted by Gasteiger charge is 2.28. The molecule has 3 heterocycles. The molecule has 0 radical (unpaired) electrons. The van der Waals surface area contributed by atoms with Gasteiger partial charge >= 0.3 is 0 Å². The summed E-state index contributed by atoms with van der Waals surface area (Å²) >= 11 is 0. The highest BCUT2D eigenvalue weighted by molar-refractivity contribution is 6.06. The Kier molecular flexibility index (Phi) is 3.82. The van der Waals surface area contributed by atoms with Crippen molar-refractivity contribution in [1.82, 2.24) is 24.2 Å². The number of carbonyl (C=O) groups is 1. The van der Waals surface area contributed by atoms with E-state index in [9.17, 15) is 4.79 Å². The summed E-state index contributed by atoms with van der Waals surface area (Å²) in [6, 6.07) is 8.16. The Morgan fingerprint density at radius 3 is 2.84 bits per heavy atom. The van der Waals surface area contributed by atoms with Gasteiger partial charge in [0.2, 0.25) is 0 Å². The first-order chi connectivity index (χ1) is 12.0. The molecule has 3 aromatic rings. The lowest BCUT2D eigenvalue weighted by molar-refractivity contribution is 0.0673. The molecule has 2 aromatic heterocycles. The molecular formula is C19H23N5O. The number of amides is 1. The predicted molar refractivity (Wildman–Crippen MR) is 96.6 cm³/mol. The van der Waals surface area contributed by atoms with Crippen molar-refractivity contribution in [3.8, 4) is 0 Å². The van der Waals surface area contributed by atoms with E-state index < -0.39 is 0 Å². The molecule has 1 atom stereocenters. The van der Waals surface area contributed by atoms with Gasteiger partial charge < -0.3 is 9.47 Å². The van der Waals surface area contributed by atoms with Crippen LogP contribution in [0, 0.1) is 13.8 Å². The zero-order chi connectivity index (χ0) is 17.6. The highest BCUT2D eigenvalue weighted by Crippen LogP contribution is 2.26. The number of rotatable bonds is 2. The maximum atomic E-state index is 13.2. The molecule has 1 saturated heterocycles. The molecule has 25 heavy (non-hydrogen) atoms. The fourth-order valence-electron chi connectivity index (χ4n) is 3.88. The first-order valence-electron chi connectivity index (χ1n) is 8.77. The Balaban J connectivity index is 1.62. The van der Waals surface area contributed by atoms with Gasteiger partial charge in [-0.15, -0.1) is 0 Å². The third kappa shape index (κ3) is 2.71. The number of carbonyl (C=O) groups excluding carboxylic acids is 1. The molecule has 0 bridgehead atoms. The average molecular weight is 337 g/mol. The summed E-state index contributed by atoms with van der Waals surface area (Å²) in [5, 5.41) is 5.54. The molecule has 4 rings (SSSR count). The minimum atomic E-state index is 0.107. The Bertz CT molecular complexity index is 939. The SMILES string of the molecule is Cc1nc(C)n(C2CCCN(C(=O)c3cccc4c3ccn4C)C2)n1. The Hall–Kier alpha value is -2.63. The smallest absolute Gasteiger partial charge is 0.254 e. The van der Waals surface area contributed by atoms with Crippen LogP contribution in [0.5, 0.6) is 0 Å². The van der Waals surface area contributed by atoms with Crippen molar-refractivity contribution in [2.45, 2.75) is 32.7 Å². The van der Waals surface area contributed by atoms with Crippen molar-refractivity contribution >= 4 is 16.8 Å². The van der Waals surface area contributed by atoms with E-state index in [2.05, 4.69) is 10.1 Å². The fourth-order valence-corrected chi connectivity index (χ4v) is 3.88. The molecule has 6 nitrogen and oxygen atoms in total.